The Hall–Kier alpha value is -1.59. The van der Waals surface area contributed by atoms with E-state index in [9.17, 15) is 4.79 Å². The average Bonchev–Trinajstić information content (AvgIpc) is 2.61. The number of carbonyl (C=O) groups is 1. The van der Waals surface area contributed by atoms with E-state index < -0.39 is 0 Å². The lowest BCUT2D eigenvalue weighted by Gasteiger charge is -2.26. The Balaban J connectivity index is 1.79. The summed E-state index contributed by atoms with van der Waals surface area (Å²) in [5, 5.41) is 3.03. The van der Waals surface area contributed by atoms with Crippen molar-refractivity contribution in [2.75, 3.05) is 39.4 Å². The summed E-state index contributed by atoms with van der Waals surface area (Å²) >= 11 is 0. The van der Waals surface area contributed by atoms with E-state index in [1.807, 2.05) is 4.90 Å². The number of nitrogens with zero attached hydrogens (tertiary/aromatic N) is 2. The molecule has 1 fully saturated rings. The molecule has 1 aromatic carbocycles. The first-order valence-electron chi connectivity index (χ1n) is 9.13. The molecule has 0 bridgehead atoms. The molecule has 0 saturated carbocycles. The minimum Gasteiger partial charge on any atom is -0.379 e. The third-order valence-corrected chi connectivity index (χ3v) is 4.25. The van der Waals surface area contributed by atoms with Crippen LogP contribution in [0, 0.1) is 0 Å². The summed E-state index contributed by atoms with van der Waals surface area (Å²) in [6, 6.07) is 8.58. The molecular weight excluding hydrogens is 302 g/mol. The van der Waals surface area contributed by atoms with Crippen LogP contribution in [0.5, 0.6) is 0 Å². The van der Waals surface area contributed by atoms with Crippen LogP contribution in [-0.2, 0) is 17.8 Å². The van der Waals surface area contributed by atoms with Crippen LogP contribution in [0.25, 0.3) is 0 Å². The maximum absolute atomic E-state index is 12.2. The SMILES string of the molecule is CCCN(CCC)C(=O)NCc1ccc(CN2CCOCC2)cc1. The predicted molar refractivity (Wildman–Crippen MR) is 96.9 cm³/mol. The number of morpholine rings is 1. The van der Waals surface area contributed by atoms with E-state index in [1.165, 1.54) is 5.56 Å². The zero-order valence-corrected chi connectivity index (χ0v) is 15.1. The zero-order valence-electron chi connectivity index (χ0n) is 15.1. The average molecular weight is 333 g/mol. The van der Waals surface area contributed by atoms with Gasteiger partial charge in [-0.15, -0.1) is 0 Å². The number of amides is 2. The lowest BCUT2D eigenvalue weighted by atomic mass is 10.1. The van der Waals surface area contributed by atoms with Crippen molar-refractivity contribution in [3.63, 3.8) is 0 Å². The van der Waals surface area contributed by atoms with Gasteiger partial charge >= 0.3 is 6.03 Å². The van der Waals surface area contributed by atoms with Gasteiger partial charge in [0.2, 0.25) is 0 Å². The summed E-state index contributed by atoms with van der Waals surface area (Å²) in [4.78, 5) is 16.5. The Morgan fingerprint density at radius 1 is 1.08 bits per heavy atom. The van der Waals surface area contributed by atoms with Crippen LogP contribution >= 0.6 is 0 Å². The molecule has 5 heteroatoms. The summed E-state index contributed by atoms with van der Waals surface area (Å²) in [7, 11) is 0. The topological polar surface area (TPSA) is 44.8 Å². The molecule has 1 saturated heterocycles. The normalized spacial score (nSPS) is 15.2. The van der Waals surface area contributed by atoms with Gasteiger partial charge in [-0.05, 0) is 24.0 Å². The fraction of sp³-hybridized carbons (Fsp3) is 0.632. The lowest BCUT2D eigenvalue weighted by Crippen LogP contribution is -2.40. The fourth-order valence-corrected chi connectivity index (χ4v) is 2.92. The van der Waals surface area contributed by atoms with E-state index in [-0.39, 0.29) is 6.03 Å². The van der Waals surface area contributed by atoms with Crippen molar-refractivity contribution >= 4 is 6.03 Å². The smallest absolute Gasteiger partial charge is 0.317 e. The fourth-order valence-electron chi connectivity index (χ4n) is 2.92. The molecule has 2 amide bonds. The second kappa shape index (κ2) is 10.3. The Kier molecular flexibility index (Phi) is 8.05. The summed E-state index contributed by atoms with van der Waals surface area (Å²) in [6.07, 6.45) is 1.98. The Morgan fingerprint density at radius 2 is 1.67 bits per heavy atom. The first kappa shape index (κ1) is 18.7. The zero-order chi connectivity index (χ0) is 17.2. The molecule has 1 aromatic rings. The number of benzene rings is 1. The third kappa shape index (κ3) is 6.13. The summed E-state index contributed by atoms with van der Waals surface area (Å²) in [6.45, 7) is 11.1. The van der Waals surface area contributed by atoms with E-state index in [2.05, 4.69) is 48.3 Å². The summed E-state index contributed by atoms with van der Waals surface area (Å²) in [5.74, 6) is 0. The first-order chi connectivity index (χ1) is 11.7. The Bertz CT molecular complexity index is 478. The lowest BCUT2D eigenvalue weighted by molar-refractivity contribution is 0.0342. The van der Waals surface area contributed by atoms with Gasteiger partial charge in [0.05, 0.1) is 13.2 Å². The van der Waals surface area contributed by atoms with Crippen molar-refractivity contribution in [3.8, 4) is 0 Å². The third-order valence-electron chi connectivity index (χ3n) is 4.25. The monoisotopic (exact) mass is 333 g/mol. The molecule has 0 aromatic heterocycles. The summed E-state index contributed by atoms with van der Waals surface area (Å²) in [5.41, 5.74) is 2.45. The number of hydrogen-bond donors (Lipinski definition) is 1. The van der Waals surface area contributed by atoms with Gasteiger partial charge in [-0.2, -0.15) is 0 Å². The molecule has 0 spiro atoms. The van der Waals surface area contributed by atoms with Gasteiger partial charge in [0.1, 0.15) is 0 Å². The van der Waals surface area contributed by atoms with E-state index in [0.29, 0.717) is 6.54 Å². The van der Waals surface area contributed by atoms with Crippen molar-refractivity contribution in [2.45, 2.75) is 39.8 Å². The van der Waals surface area contributed by atoms with Gasteiger partial charge in [0, 0.05) is 39.3 Å². The van der Waals surface area contributed by atoms with Crippen molar-refractivity contribution in [2.24, 2.45) is 0 Å². The van der Waals surface area contributed by atoms with Crippen molar-refractivity contribution in [3.05, 3.63) is 35.4 Å². The highest BCUT2D eigenvalue weighted by atomic mass is 16.5. The van der Waals surface area contributed by atoms with E-state index in [1.54, 1.807) is 0 Å². The standard InChI is InChI=1S/C19H31N3O2/c1-3-9-22(10-4-2)19(23)20-15-17-5-7-18(8-6-17)16-21-11-13-24-14-12-21/h5-8H,3-4,9-16H2,1-2H3,(H,20,23). The molecule has 0 radical (unpaired) electrons. The van der Waals surface area contributed by atoms with Gasteiger partial charge in [-0.25, -0.2) is 4.79 Å². The number of ether oxygens (including phenoxy) is 1. The van der Waals surface area contributed by atoms with Gasteiger partial charge in [-0.1, -0.05) is 38.1 Å². The predicted octanol–water partition coefficient (Wildman–Crippen LogP) is 2.85. The molecule has 5 nitrogen and oxygen atoms in total. The largest absolute Gasteiger partial charge is 0.379 e. The van der Waals surface area contributed by atoms with Gasteiger partial charge in [-0.3, -0.25) is 4.90 Å². The van der Waals surface area contributed by atoms with Crippen molar-refractivity contribution in [1.29, 1.82) is 0 Å². The second-order valence-corrected chi connectivity index (χ2v) is 6.35. The maximum Gasteiger partial charge on any atom is 0.317 e. The molecule has 2 rings (SSSR count). The number of hydrogen-bond acceptors (Lipinski definition) is 3. The van der Waals surface area contributed by atoms with Crippen LogP contribution in [0.2, 0.25) is 0 Å². The molecule has 0 atom stereocenters. The molecule has 0 unspecified atom stereocenters. The number of carbonyl (C=O) groups excluding carboxylic acids is 1. The minimum absolute atomic E-state index is 0.0380. The number of nitrogens with one attached hydrogen (secondary N) is 1. The van der Waals surface area contributed by atoms with Crippen LogP contribution in [0.15, 0.2) is 24.3 Å². The molecule has 134 valence electrons. The van der Waals surface area contributed by atoms with E-state index >= 15 is 0 Å². The molecule has 0 aliphatic carbocycles. The second-order valence-electron chi connectivity index (χ2n) is 6.35. The van der Waals surface area contributed by atoms with Gasteiger partial charge in [0.25, 0.3) is 0 Å². The summed E-state index contributed by atoms with van der Waals surface area (Å²) < 4.78 is 5.38. The van der Waals surface area contributed by atoms with E-state index in [0.717, 1.165) is 64.3 Å². The van der Waals surface area contributed by atoms with Crippen molar-refractivity contribution < 1.29 is 9.53 Å². The molecule has 1 heterocycles. The number of urea groups is 1. The van der Waals surface area contributed by atoms with Crippen LogP contribution < -0.4 is 5.32 Å². The van der Waals surface area contributed by atoms with Gasteiger partial charge < -0.3 is 15.0 Å². The highest BCUT2D eigenvalue weighted by Gasteiger charge is 2.12. The molecule has 1 aliphatic heterocycles. The molecular formula is C19H31N3O2. The number of rotatable bonds is 8. The molecule has 1 aliphatic rings. The Labute approximate surface area is 146 Å². The highest BCUT2D eigenvalue weighted by molar-refractivity contribution is 5.74. The maximum atomic E-state index is 12.2. The molecule has 1 N–H and O–H groups in total. The van der Waals surface area contributed by atoms with Crippen LogP contribution in [-0.4, -0.2) is 55.2 Å². The van der Waals surface area contributed by atoms with Crippen molar-refractivity contribution in [1.82, 2.24) is 15.1 Å². The van der Waals surface area contributed by atoms with Crippen LogP contribution in [0.3, 0.4) is 0 Å². The van der Waals surface area contributed by atoms with Gasteiger partial charge in [0.15, 0.2) is 0 Å². The van der Waals surface area contributed by atoms with E-state index in [4.69, 9.17) is 4.74 Å². The quantitative estimate of drug-likeness (QED) is 0.796. The molecule has 24 heavy (non-hydrogen) atoms. The Morgan fingerprint density at radius 3 is 2.25 bits per heavy atom. The minimum atomic E-state index is 0.0380. The van der Waals surface area contributed by atoms with Crippen LogP contribution in [0.1, 0.15) is 37.8 Å². The first-order valence-corrected chi connectivity index (χ1v) is 9.13. The highest BCUT2D eigenvalue weighted by Crippen LogP contribution is 2.09. The van der Waals surface area contributed by atoms with Crippen LogP contribution in [0.4, 0.5) is 4.79 Å².